The third kappa shape index (κ3) is 3.68. The first-order chi connectivity index (χ1) is 11.1. The van der Waals surface area contributed by atoms with Crippen molar-refractivity contribution in [3.63, 3.8) is 0 Å². The predicted molar refractivity (Wildman–Crippen MR) is 95.4 cm³/mol. The van der Waals surface area contributed by atoms with Crippen LogP contribution in [-0.2, 0) is 11.8 Å². The van der Waals surface area contributed by atoms with Gasteiger partial charge in [-0.2, -0.15) is 5.10 Å². The molecule has 1 N–H and O–H groups in total. The number of rotatable bonds is 4. The highest BCUT2D eigenvalue weighted by molar-refractivity contribution is 9.09. The average Bonchev–Trinajstić information content (AvgIpc) is 3.02. The summed E-state index contributed by atoms with van der Waals surface area (Å²) >= 11 is 3.44. The molecule has 1 atom stereocenters. The number of halogens is 1. The Labute approximate surface area is 143 Å². The molecule has 1 amide bonds. The van der Waals surface area contributed by atoms with Crippen LogP contribution in [0.4, 0.5) is 5.69 Å². The molecule has 5 heteroatoms. The summed E-state index contributed by atoms with van der Waals surface area (Å²) in [5, 5.41) is 7.08. The molecule has 0 saturated carbocycles. The van der Waals surface area contributed by atoms with E-state index in [-0.39, 0.29) is 10.7 Å². The number of amides is 1. The molecule has 3 aromatic rings. The van der Waals surface area contributed by atoms with Gasteiger partial charge in [0.1, 0.15) is 4.83 Å². The summed E-state index contributed by atoms with van der Waals surface area (Å²) in [5.74, 6) is -0.0923. The fraction of sp³-hybridized carbons (Fsp3) is 0.111. The van der Waals surface area contributed by atoms with Crippen molar-refractivity contribution in [1.29, 1.82) is 0 Å². The Kier molecular flexibility index (Phi) is 4.57. The van der Waals surface area contributed by atoms with Crippen LogP contribution in [0, 0.1) is 0 Å². The largest absolute Gasteiger partial charge is 0.325 e. The van der Waals surface area contributed by atoms with Gasteiger partial charge in [-0.05, 0) is 23.3 Å². The SMILES string of the molecule is Cn1cc(-c2ccc(NC(=O)C(Br)c3ccccc3)cc2)cn1. The predicted octanol–water partition coefficient (Wildman–Crippen LogP) is 4.16. The minimum absolute atomic E-state index is 0.0923. The molecule has 1 heterocycles. The van der Waals surface area contributed by atoms with E-state index in [0.29, 0.717) is 0 Å². The van der Waals surface area contributed by atoms with Gasteiger partial charge in [-0.3, -0.25) is 9.48 Å². The number of aryl methyl sites for hydroxylation is 1. The van der Waals surface area contributed by atoms with E-state index < -0.39 is 0 Å². The molecule has 0 aliphatic rings. The second-order valence-corrected chi connectivity index (χ2v) is 6.16. The quantitative estimate of drug-likeness (QED) is 0.701. The fourth-order valence-corrected chi connectivity index (χ4v) is 2.71. The first kappa shape index (κ1) is 15.5. The Balaban J connectivity index is 1.69. The molecule has 0 fully saturated rings. The van der Waals surface area contributed by atoms with E-state index in [4.69, 9.17) is 0 Å². The normalized spacial score (nSPS) is 11.9. The third-order valence-corrected chi connectivity index (χ3v) is 4.46. The van der Waals surface area contributed by atoms with Crippen molar-refractivity contribution in [2.24, 2.45) is 7.05 Å². The van der Waals surface area contributed by atoms with Crippen LogP contribution in [0.3, 0.4) is 0 Å². The van der Waals surface area contributed by atoms with Crippen LogP contribution >= 0.6 is 15.9 Å². The lowest BCUT2D eigenvalue weighted by Crippen LogP contribution is -2.16. The van der Waals surface area contributed by atoms with Gasteiger partial charge in [-0.15, -0.1) is 0 Å². The summed E-state index contributed by atoms with van der Waals surface area (Å²) in [5.41, 5.74) is 3.81. The van der Waals surface area contributed by atoms with E-state index in [2.05, 4.69) is 26.3 Å². The molecule has 0 aliphatic heterocycles. The van der Waals surface area contributed by atoms with Gasteiger partial charge in [0.25, 0.3) is 0 Å². The average molecular weight is 370 g/mol. The number of aromatic nitrogens is 2. The zero-order valence-corrected chi connectivity index (χ0v) is 14.2. The molecule has 116 valence electrons. The Morgan fingerprint density at radius 2 is 1.78 bits per heavy atom. The maximum atomic E-state index is 12.3. The summed E-state index contributed by atoms with van der Waals surface area (Å²) in [6, 6.07) is 17.3. The summed E-state index contributed by atoms with van der Waals surface area (Å²) in [6.07, 6.45) is 3.77. The highest BCUT2D eigenvalue weighted by Gasteiger charge is 2.16. The van der Waals surface area contributed by atoms with Gasteiger partial charge in [0, 0.05) is 24.5 Å². The lowest BCUT2D eigenvalue weighted by molar-refractivity contribution is -0.115. The number of benzene rings is 2. The third-order valence-electron chi connectivity index (χ3n) is 3.51. The van der Waals surface area contributed by atoms with Crippen molar-refractivity contribution in [3.05, 3.63) is 72.6 Å². The molecular formula is C18H16BrN3O. The van der Waals surface area contributed by atoms with Gasteiger partial charge >= 0.3 is 0 Å². The molecule has 1 aromatic heterocycles. The van der Waals surface area contributed by atoms with Crippen LogP contribution in [0.15, 0.2) is 67.0 Å². The summed E-state index contributed by atoms with van der Waals surface area (Å²) in [6.45, 7) is 0. The molecule has 1 unspecified atom stereocenters. The number of anilines is 1. The molecule has 2 aromatic carbocycles. The molecule has 23 heavy (non-hydrogen) atoms. The minimum Gasteiger partial charge on any atom is -0.325 e. The van der Waals surface area contributed by atoms with Gasteiger partial charge in [0.05, 0.1) is 6.20 Å². The van der Waals surface area contributed by atoms with Crippen molar-refractivity contribution < 1.29 is 4.79 Å². The summed E-state index contributed by atoms with van der Waals surface area (Å²) in [4.78, 5) is 11.9. The van der Waals surface area contributed by atoms with Gasteiger partial charge in [-0.1, -0.05) is 58.4 Å². The van der Waals surface area contributed by atoms with Crippen molar-refractivity contribution in [1.82, 2.24) is 9.78 Å². The molecular weight excluding hydrogens is 354 g/mol. The topological polar surface area (TPSA) is 46.9 Å². The smallest absolute Gasteiger partial charge is 0.242 e. The second-order valence-electron chi connectivity index (χ2n) is 5.24. The molecule has 0 saturated heterocycles. The van der Waals surface area contributed by atoms with E-state index in [9.17, 15) is 4.79 Å². The molecule has 0 bridgehead atoms. The van der Waals surface area contributed by atoms with Gasteiger partial charge < -0.3 is 5.32 Å². The zero-order valence-electron chi connectivity index (χ0n) is 12.6. The Morgan fingerprint density at radius 1 is 1.09 bits per heavy atom. The first-order valence-electron chi connectivity index (χ1n) is 7.22. The van der Waals surface area contributed by atoms with Gasteiger partial charge in [-0.25, -0.2) is 0 Å². The van der Waals surface area contributed by atoms with Crippen molar-refractivity contribution >= 4 is 27.5 Å². The first-order valence-corrected chi connectivity index (χ1v) is 8.14. The highest BCUT2D eigenvalue weighted by atomic mass is 79.9. The standard InChI is InChI=1S/C18H16BrN3O/c1-22-12-15(11-20-22)13-7-9-16(10-8-13)21-18(23)17(19)14-5-3-2-4-6-14/h2-12,17H,1H3,(H,21,23). The van der Waals surface area contributed by atoms with Crippen LogP contribution in [0.2, 0.25) is 0 Å². The molecule has 4 nitrogen and oxygen atoms in total. The number of hydrogen-bond donors (Lipinski definition) is 1. The number of alkyl halides is 1. The molecule has 0 spiro atoms. The van der Waals surface area contributed by atoms with Crippen molar-refractivity contribution in [3.8, 4) is 11.1 Å². The van der Waals surface area contributed by atoms with E-state index in [0.717, 1.165) is 22.4 Å². The molecule has 0 aliphatic carbocycles. The van der Waals surface area contributed by atoms with Crippen LogP contribution in [0.1, 0.15) is 10.4 Å². The Hall–Kier alpha value is -2.40. The number of nitrogens with one attached hydrogen (secondary N) is 1. The van der Waals surface area contributed by atoms with Crippen molar-refractivity contribution in [2.75, 3.05) is 5.32 Å². The van der Waals surface area contributed by atoms with E-state index >= 15 is 0 Å². The fourth-order valence-electron chi connectivity index (χ4n) is 2.30. The maximum absolute atomic E-state index is 12.3. The lowest BCUT2D eigenvalue weighted by Gasteiger charge is -2.11. The van der Waals surface area contributed by atoms with E-state index in [1.54, 1.807) is 4.68 Å². The highest BCUT2D eigenvalue weighted by Crippen LogP contribution is 2.25. The number of carbonyl (C=O) groups excluding carboxylic acids is 1. The van der Waals surface area contributed by atoms with Crippen LogP contribution in [-0.4, -0.2) is 15.7 Å². The summed E-state index contributed by atoms with van der Waals surface area (Å²) < 4.78 is 1.76. The van der Waals surface area contributed by atoms with Crippen LogP contribution < -0.4 is 5.32 Å². The van der Waals surface area contributed by atoms with E-state index in [1.807, 2.05) is 74.0 Å². The minimum atomic E-state index is -0.373. The summed E-state index contributed by atoms with van der Waals surface area (Å²) in [7, 11) is 1.89. The van der Waals surface area contributed by atoms with Crippen LogP contribution in [0.5, 0.6) is 0 Å². The number of nitrogens with zero attached hydrogens (tertiary/aromatic N) is 2. The lowest BCUT2D eigenvalue weighted by atomic mass is 10.1. The Morgan fingerprint density at radius 3 is 2.39 bits per heavy atom. The molecule has 0 radical (unpaired) electrons. The van der Waals surface area contributed by atoms with Gasteiger partial charge in [0.2, 0.25) is 5.91 Å². The van der Waals surface area contributed by atoms with Gasteiger partial charge in [0.15, 0.2) is 0 Å². The van der Waals surface area contributed by atoms with Crippen LogP contribution in [0.25, 0.3) is 11.1 Å². The molecule has 3 rings (SSSR count). The monoisotopic (exact) mass is 369 g/mol. The van der Waals surface area contributed by atoms with Crippen molar-refractivity contribution in [2.45, 2.75) is 4.83 Å². The number of hydrogen-bond acceptors (Lipinski definition) is 2. The second kappa shape index (κ2) is 6.79. The number of carbonyl (C=O) groups is 1. The Bertz CT molecular complexity index is 797. The zero-order chi connectivity index (χ0) is 16.2. The maximum Gasteiger partial charge on any atom is 0.242 e. The van der Waals surface area contributed by atoms with E-state index in [1.165, 1.54) is 0 Å².